The van der Waals surface area contributed by atoms with E-state index in [1.165, 1.54) is 6.08 Å². The maximum Gasteiger partial charge on any atom is 0.257 e. The summed E-state index contributed by atoms with van der Waals surface area (Å²) in [4.78, 5) is 27.2. The van der Waals surface area contributed by atoms with E-state index in [1.807, 2.05) is 21.7 Å². The first-order valence-corrected chi connectivity index (χ1v) is 10.2. The van der Waals surface area contributed by atoms with E-state index in [4.69, 9.17) is 4.74 Å². The van der Waals surface area contributed by atoms with Crippen LogP contribution in [0, 0.1) is 0 Å². The highest BCUT2D eigenvalue weighted by Crippen LogP contribution is 2.30. The average Bonchev–Trinajstić information content (AvgIpc) is 3.20. The summed E-state index contributed by atoms with van der Waals surface area (Å²) in [5, 5.41) is 6.77. The first-order chi connectivity index (χ1) is 13.2. The standard InChI is InChI=1S/C21H22N2O3S/c24-20(7-4-15-9-12-27-14-15)22-16-5-6-19-18(13-16)21(25)23-10-2-1-3-17(23)8-11-26-19/h4-7,9,12-14,17H,1-3,8,10-11H2,(H,22,24)/b7-4+. The molecule has 140 valence electrons. The van der Waals surface area contributed by atoms with Gasteiger partial charge in [0.2, 0.25) is 5.91 Å². The van der Waals surface area contributed by atoms with Gasteiger partial charge in [0.25, 0.3) is 5.91 Å². The van der Waals surface area contributed by atoms with Gasteiger partial charge in [-0.15, -0.1) is 0 Å². The molecule has 1 fully saturated rings. The number of anilines is 1. The molecule has 5 nitrogen and oxygen atoms in total. The summed E-state index contributed by atoms with van der Waals surface area (Å²) in [6.07, 6.45) is 7.38. The molecule has 2 amide bonds. The van der Waals surface area contributed by atoms with Gasteiger partial charge in [-0.3, -0.25) is 9.59 Å². The van der Waals surface area contributed by atoms with Crippen LogP contribution in [0.15, 0.2) is 41.1 Å². The summed E-state index contributed by atoms with van der Waals surface area (Å²) in [7, 11) is 0. The fraction of sp³-hybridized carbons (Fsp3) is 0.333. The molecular weight excluding hydrogens is 360 g/mol. The van der Waals surface area contributed by atoms with Crippen molar-refractivity contribution >= 4 is 34.9 Å². The van der Waals surface area contributed by atoms with Gasteiger partial charge in [-0.05, 0) is 65.9 Å². The minimum atomic E-state index is -0.226. The molecule has 0 aliphatic carbocycles. The van der Waals surface area contributed by atoms with Gasteiger partial charge in [0, 0.05) is 30.8 Å². The number of carbonyl (C=O) groups is 2. The lowest BCUT2D eigenvalue weighted by Crippen LogP contribution is -2.45. The Morgan fingerprint density at radius 2 is 2.19 bits per heavy atom. The zero-order valence-electron chi connectivity index (χ0n) is 15.0. The summed E-state index contributed by atoms with van der Waals surface area (Å²) < 4.78 is 5.83. The fourth-order valence-electron chi connectivity index (χ4n) is 3.65. The van der Waals surface area contributed by atoms with Gasteiger partial charge in [0.15, 0.2) is 0 Å². The molecule has 27 heavy (non-hydrogen) atoms. The topological polar surface area (TPSA) is 58.6 Å². The molecule has 1 aromatic carbocycles. The van der Waals surface area contributed by atoms with Crippen LogP contribution in [0.1, 0.15) is 41.6 Å². The number of hydrogen-bond acceptors (Lipinski definition) is 4. The van der Waals surface area contributed by atoms with Gasteiger partial charge in [-0.1, -0.05) is 0 Å². The van der Waals surface area contributed by atoms with E-state index in [9.17, 15) is 9.59 Å². The molecule has 4 rings (SSSR count). The molecule has 1 N–H and O–H groups in total. The molecular formula is C21H22N2O3S. The van der Waals surface area contributed by atoms with Crippen molar-refractivity contribution in [2.24, 2.45) is 0 Å². The van der Waals surface area contributed by atoms with Crippen LogP contribution in [0.3, 0.4) is 0 Å². The Hall–Kier alpha value is -2.60. The third-order valence-electron chi connectivity index (χ3n) is 5.04. The first kappa shape index (κ1) is 17.8. The smallest absolute Gasteiger partial charge is 0.257 e. The predicted molar refractivity (Wildman–Crippen MR) is 107 cm³/mol. The molecule has 0 radical (unpaired) electrons. The normalized spacial score (nSPS) is 19.6. The summed E-state index contributed by atoms with van der Waals surface area (Å²) in [5.74, 6) is 0.367. The van der Waals surface area contributed by atoms with Crippen LogP contribution in [0.2, 0.25) is 0 Å². The molecule has 0 bridgehead atoms. The Balaban J connectivity index is 1.53. The second-order valence-electron chi connectivity index (χ2n) is 6.88. The average molecular weight is 382 g/mol. The minimum absolute atomic E-state index is 0.000635. The van der Waals surface area contributed by atoms with Gasteiger partial charge in [0.05, 0.1) is 12.2 Å². The molecule has 0 spiro atoms. The Morgan fingerprint density at radius 1 is 1.26 bits per heavy atom. The lowest BCUT2D eigenvalue weighted by molar-refractivity contribution is -0.111. The quantitative estimate of drug-likeness (QED) is 0.811. The van der Waals surface area contributed by atoms with Crippen molar-refractivity contribution in [1.29, 1.82) is 0 Å². The van der Waals surface area contributed by atoms with Crippen molar-refractivity contribution in [3.05, 3.63) is 52.2 Å². The van der Waals surface area contributed by atoms with Gasteiger partial charge in [-0.2, -0.15) is 11.3 Å². The van der Waals surface area contributed by atoms with Gasteiger partial charge < -0.3 is 15.0 Å². The molecule has 2 aliphatic heterocycles. The van der Waals surface area contributed by atoms with Crippen LogP contribution in [-0.2, 0) is 4.79 Å². The molecule has 2 aliphatic rings. The highest BCUT2D eigenvalue weighted by Gasteiger charge is 2.31. The molecule has 1 unspecified atom stereocenters. The zero-order chi connectivity index (χ0) is 18.6. The molecule has 0 saturated carbocycles. The van der Waals surface area contributed by atoms with Crippen molar-refractivity contribution in [2.75, 3.05) is 18.5 Å². The fourth-order valence-corrected chi connectivity index (χ4v) is 4.28. The van der Waals surface area contributed by atoms with Crippen molar-refractivity contribution in [2.45, 2.75) is 31.7 Å². The maximum atomic E-state index is 13.1. The van der Waals surface area contributed by atoms with E-state index < -0.39 is 0 Å². The number of thiophene rings is 1. The van der Waals surface area contributed by atoms with E-state index >= 15 is 0 Å². The van der Waals surface area contributed by atoms with Gasteiger partial charge >= 0.3 is 0 Å². The summed E-state index contributed by atoms with van der Waals surface area (Å²) in [6, 6.07) is 7.48. The number of nitrogens with one attached hydrogen (secondary N) is 1. The van der Waals surface area contributed by atoms with Crippen molar-refractivity contribution in [1.82, 2.24) is 4.90 Å². The first-order valence-electron chi connectivity index (χ1n) is 9.30. The third-order valence-corrected chi connectivity index (χ3v) is 5.75. The Bertz CT molecular complexity index is 860. The molecule has 6 heteroatoms. The Labute approximate surface area is 162 Å². The van der Waals surface area contributed by atoms with Crippen molar-refractivity contribution in [3.63, 3.8) is 0 Å². The Kier molecular flexibility index (Phi) is 5.25. The number of nitrogens with zero attached hydrogens (tertiary/aromatic N) is 1. The van der Waals surface area contributed by atoms with E-state index in [-0.39, 0.29) is 17.9 Å². The zero-order valence-corrected chi connectivity index (χ0v) is 15.8. The number of carbonyl (C=O) groups excluding carboxylic acids is 2. The number of hydrogen-bond donors (Lipinski definition) is 1. The van der Waals surface area contributed by atoms with E-state index in [2.05, 4.69) is 5.32 Å². The van der Waals surface area contributed by atoms with E-state index in [0.717, 1.165) is 37.8 Å². The third kappa shape index (κ3) is 4.06. The number of rotatable bonds is 3. The molecule has 1 saturated heterocycles. The highest BCUT2D eigenvalue weighted by atomic mass is 32.1. The number of benzene rings is 1. The molecule has 2 aromatic rings. The number of ether oxygens (including phenoxy) is 1. The maximum absolute atomic E-state index is 13.1. The van der Waals surface area contributed by atoms with E-state index in [1.54, 1.807) is 35.6 Å². The second kappa shape index (κ2) is 7.96. The van der Waals surface area contributed by atoms with Crippen LogP contribution in [0.5, 0.6) is 5.75 Å². The van der Waals surface area contributed by atoms with Crippen LogP contribution < -0.4 is 10.1 Å². The highest BCUT2D eigenvalue weighted by molar-refractivity contribution is 7.08. The predicted octanol–water partition coefficient (Wildman–Crippen LogP) is 4.18. The summed E-state index contributed by atoms with van der Waals surface area (Å²) >= 11 is 1.58. The van der Waals surface area contributed by atoms with Crippen molar-refractivity contribution < 1.29 is 14.3 Å². The second-order valence-corrected chi connectivity index (χ2v) is 7.66. The lowest BCUT2D eigenvalue weighted by atomic mass is 9.97. The summed E-state index contributed by atoms with van der Waals surface area (Å²) in [5.41, 5.74) is 2.12. The number of fused-ring (bicyclic) bond motifs is 2. The molecule has 1 atom stereocenters. The molecule has 1 aromatic heterocycles. The van der Waals surface area contributed by atoms with Gasteiger partial charge in [0.1, 0.15) is 5.75 Å². The monoisotopic (exact) mass is 382 g/mol. The lowest BCUT2D eigenvalue weighted by Gasteiger charge is -2.37. The van der Waals surface area contributed by atoms with Gasteiger partial charge in [-0.25, -0.2) is 0 Å². The van der Waals surface area contributed by atoms with Crippen LogP contribution in [0.25, 0.3) is 6.08 Å². The minimum Gasteiger partial charge on any atom is -0.493 e. The largest absolute Gasteiger partial charge is 0.493 e. The van der Waals surface area contributed by atoms with Crippen LogP contribution in [0.4, 0.5) is 5.69 Å². The number of amides is 2. The molecule has 3 heterocycles. The van der Waals surface area contributed by atoms with Crippen LogP contribution >= 0.6 is 11.3 Å². The Morgan fingerprint density at radius 3 is 3.04 bits per heavy atom. The SMILES string of the molecule is O=C(/C=C/c1ccsc1)Nc1ccc2c(c1)C(=O)N1CCCCC1CCO2. The van der Waals surface area contributed by atoms with E-state index in [0.29, 0.717) is 23.6 Å². The van der Waals surface area contributed by atoms with Crippen molar-refractivity contribution in [3.8, 4) is 5.75 Å². The van der Waals surface area contributed by atoms with Crippen LogP contribution in [-0.4, -0.2) is 35.9 Å². The summed E-state index contributed by atoms with van der Waals surface area (Å²) in [6.45, 7) is 1.40. The number of piperidine rings is 1.